The van der Waals surface area contributed by atoms with Crippen LogP contribution in [0.15, 0.2) is 41.2 Å². The van der Waals surface area contributed by atoms with Crippen molar-refractivity contribution in [1.82, 2.24) is 20.4 Å². The van der Waals surface area contributed by atoms with Gasteiger partial charge < -0.3 is 10.6 Å². The molecule has 1 aliphatic rings. The van der Waals surface area contributed by atoms with Crippen molar-refractivity contribution in [3.8, 4) is 5.69 Å². The van der Waals surface area contributed by atoms with Crippen molar-refractivity contribution < 1.29 is 4.79 Å². The van der Waals surface area contributed by atoms with Crippen LogP contribution in [0.3, 0.4) is 0 Å². The summed E-state index contributed by atoms with van der Waals surface area (Å²) in [5.74, 6) is 0.307. The number of benzene rings is 1. The molecule has 0 atom stereocenters. The van der Waals surface area contributed by atoms with E-state index in [2.05, 4.69) is 64.6 Å². The van der Waals surface area contributed by atoms with Gasteiger partial charge in [-0.05, 0) is 91.8 Å². The van der Waals surface area contributed by atoms with E-state index in [1.165, 1.54) is 16.7 Å². The number of aromatic nitrogens is 2. The molecule has 0 bridgehead atoms. The van der Waals surface area contributed by atoms with Crippen LogP contribution < -0.4 is 10.6 Å². The molecule has 0 radical (unpaired) electrons. The summed E-state index contributed by atoms with van der Waals surface area (Å²) >= 11 is 1.69. The molecule has 0 aliphatic carbocycles. The third-order valence-corrected chi connectivity index (χ3v) is 6.52. The Morgan fingerprint density at radius 3 is 2.79 bits per heavy atom. The fraction of sp³-hybridized carbons (Fsp3) is 0.391. The molecule has 5 nitrogen and oxygen atoms in total. The Labute approximate surface area is 176 Å². The van der Waals surface area contributed by atoms with Crippen molar-refractivity contribution in [2.24, 2.45) is 0 Å². The van der Waals surface area contributed by atoms with Crippen LogP contribution in [-0.4, -0.2) is 35.3 Å². The largest absolute Gasteiger partial charge is 0.352 e. The highest BCUT2D eigenvalue weighted by atomic mass is 32.1. The zero-order valence-corrected chi connectivity index (χ0v) is 17.9. The van der Waals surface area contributed by atoms with Crippen molar-refractivity contribution >= 4 is 17.2 Å². The van der Waals surface area contributed by atoms with Crippen molar-refractivity contribution in [2.75, 3.05) is 19.6 Å². The summed E-state index contributed by atoms with van der Waals surface area (Å²) in [6, 6.07) is 8.48. The van der Waals surface area contributed by atoms with Crippen LogP contribution in [0.1, 0.15) is 51.5 Å². The van der Waals surface area contributed by atoms with E-state index in [4.69, 9.17) is 0 Å². The quantitative estimate of drug-likeness (QED) is 0.648. The molecule has 0 unspecified atom stereocenters. The molecule has 1 saturated heterocycles. The van der Waals surface area contributed by atoms with Gasteiger partial charge in [0.05, 0.1) is 23.1 Å². The van der Waals surface area contributed by atoms with Crippen molar-refractivity contribution in [3.63, 3.8) is 0 Å². The van der Waals surface area contributed by atoms with Gasteiger partial charge in [0, 0.05) is 12.5 Å². The van der Waals surface area contributed by atoms with Crippen LogP contribution in [0.4, 0.5) is 0 Å². The summed E-state index contributed by atoms with van der Waals surface area (Å²) in [4.78, 5) is 13.0. The third-order valence-electron chi connectivity index (χ3n) is 5.79. The van der Waals surface area contributed by atoms with E-state index in [0.29, 0.717) is 18.0 Å². The van der Waals surface area contributed by atoms with Crippen LogP contribution in [0.2, 0.25) is 0 Å². The first-order valence-electron chi connectivity index (χ1n) is 10.3. The van der Waals surface area contributed by atoms with Gasteiger partial charge >= 0.3 is 0 Å². The summed E-state index contributed by atoms with van der Waals surface area (Å²) in [5.41, 5.74) is 6.54. The average molecular weight is 409 g/mol. The van der Waals surface area contributed by atoms with Gasteiger partial charge in [0.1, 0.15) is 0 Å². The lowest BCUT2D eigenvalue weighted by molar-refractivity contribution is 0.0952. The summed E-state index contributed by atoms with van der Waals surface area (Å²) in [7, 11) is 0. The summed E-state index contributed by atoms with van der Waals surface area (Å²) in [6.07, 6.45) is 4.63. The molecule has 29 heavy (non-hydrogen) atoms. The maximum atomic E-state index is 13.0. The van der Waals surface area contributed by atoms with Gasteiger partial charge in [-0.25, -0.2) is 4.68 Å². The molecule has 3 aromatic rings. The first-order chi connectivity index (χ1) is 14.1. The number of aryl methyl sites for hydroxylation is 2. The lowest BCUT2D eigenvalue weighted by Crippen LogP contribution is -2.31. The standard InChI is InChI=1S/C23H28N4OS/c1-16-3-4-20(13-17(16)2)27-22(19-6-9-24-10-7-19)21(14-26-27)23(28)25-11-5-18-8-12-29-15-18/h3-4,8,12-15,19,24H,5-7,9-11H2,1-2H3,(H,25,28). The van der Waals surface area contributed by atoms with E-state index >= 15 is 0 Å². The number of nitrogens with one attached hydrogen (secondary N) is 2. The first kappa shape index (κ1) is 19.9. The van der Waals surface area contributed by atoms with Crippen LogP contribution >= 0.6 is 11.3 Å². The fourth-order valence-electron chi connectivity index (χ4n) is 3.93. The molecule has 0 saturated carbocycles. The molecular formula is C23H28N4OS. The molecule has 4 rings (SSSR count). The number of hydrogen-bond acceptors (Lipinski definition) is 4. The number of amides is 1. The second kappa shape index (κ2) is 8.93. The van der Waals surface area contributed by atoms with Gasteiger partial charge in [0.2, 0.25) is 0 Å². The van der Waals surface area contributed by atoms with Crippen LogP contribution in [-0.2, 0) is 6.42 Å². The maximum Gasteiger partial charge on any atom is 0.254 e. The summed E-state index contributed by atoms with van der Waals surface area (Å²) in [6.45, 7) is 6.81. The predicted molar refractivity (Wildman–Crippen MR) is 118 cm³/mol. The lowest BCUT2D eigenvalue weighted by atomic mass is 9.91. The van der Waals surface area contributed by atoms with Crippen LogP contribution in [0.25, 0.3) is 5.69 Å². The second-order valence-corrected chi connectivity index (χ2v) is 8.57. The number of carbonyl (C=O) groups excluding carboxylic acids is 1. The Kier molecular flexibility index (Phi) is 6.11. The predicted octanol–water partition coefficient (Wildman–Crippen LogP) is 3.99. The minimum Gasteiger partial charge on any atom is -0.352 e. The van der Waals surface area contributed by atoms with Gasteiger partial charge in [-0.2, -0.15) is 16.4 Å². The first-order valence-corrected chi connectivity index (χ1v) is 11.2. The summed E-state index contributed by atoms with van der Waals surface area (Å²) in [5, 5.41) is 15.4. The zero-order chi connectivity index (χ0) is 20.2. The highest BCUT2D eigenvalue weighted by Gasteiger charge is 2.27. The number of hydrogen-bond donors (Lipinski definition) is 2. The third kappa shape index (κ3) is 4.43. The van der Waals surface area contributed by atoms with Gasteiger partial charge in [-0.15, -0.1) is 0 Å². The number of carbonyl (C=O) groups is 1. The van der Waals surface area contributed by atoms with E-state index in [1.54, 1.807) is 17.5 Å². The number of thiophene rings is 1. The van der Waals surface area contributed by atoms with E-state index in [0.717, 1.165) is 43.7 Å². The molecule has 0 spiro atoms. The lowest BCUT2D eigenvalue weighted by Gasteiger charge is -2.25. The fourth-order valence-corrected chi connectivity index (χ4v) is 4.64. The van der Waals surface area contributed by atoms with Crippen molar-refractivity contribution in [1.29, 1.82) is 0 Å². The molecule has 2 aromatic heterocycles. The number of piperidine rings is 1. The minimum atomic E-state index is -0.0242. The number of rotatable bonds is 6. The van der Waals surface area contributed by atoms with Crippen molar-refractivity contribution in [2.45, 2.75) is 39.0 Å². The van der Waals surface area contributed by atoms with E-state index in [9.17, 15) is 4.79 Å². The zero-order valence-electron chi connectivity index (χ0n) is 17.1. The summed E-state index contributed by atoms with van der Waals surface area (Å²) < 4.78 is 1.98. The Balaban J connectivity index is 1.61. The maximum absolute atomic E-state index is 13.0. The molecular weight excluding hydrogens is 380 g/mol. The van der Waals surface area contributed by atoms with Crippen LogP contribution in [0.5, 0.6) is 0 Å². The van der Waals surface area contributed by atoms with E-state index in [-0.39, 0.29) is 5.91 Å². The van der Waals surface area contributed by atoms with E-state index < -0.39 is 0 Å². The smallest absolute Gasteiger partial charge is 0.254 e. The molecule has 152 valence electrons. The molecule has 1 fully saturated rings. The van der Waals surface area contributed by atoms with E-state index in [1.807, 2.05) is 4.68 Å². The molecule has 6 heteroatoms. The highest BCUT2D eigenvalue weighted by Crippen LogP contribution is 2.30. The SMILES string of the molecule is Cc1ccc(-n2ncc(C(=O)NCCc3ccsc3)c2C2CCNCC2)cc1C. The van der Waals surface area contributed by atoms with Crippen molar-refractivity contribution in [3.05, 3.63) is 69.2 Å². The molecule has 3 heterocycles. The Morgan fingerprint density at radius 2 is 2.07 bits per heavy atom. The normalized spacial score (nSPS) is 14.8. The average Bonchev–Trinajstić information content (AvgIpc) is 3.40. The Hall–Kier alpha value is -2.44. The monoisotopic (exact) mass is 408 g/mol. The topological polar surface area (TPSA) is 59.0 Å². The van der Waals surface area contributed by atoms with Crippen LogP contribution in [0, 0.1) is 13.8 Å². The van der Waals surface area contributed by atoms with Gasteiger partial charge in [-0.3, -0.25) is 4.79 Å². The minimum absolute atomic E-state index is 0.0242. The number of nitrogens with zero attached hydrogens (tertiary/aromatic N) is 2. The molecule has 2 N–H and O–H groups in total. The molecule has 1 aliphatic heterocycles. The highest BCUT2D eigenvalue weighted by molar-refractivity contribution is 7.07. The molecule has 1 amide bonds. The second-order valence-electron chi connectivity index (χ2n) is 7.79. The van der Waals surface area contributed by atoms with Gasteiger partial charge in [-0.1, -0.05) is 6.07 Å². The Morgan fingerprint density at radius 1 is 1.24 bits per heavy atom. The van der Waals surface area contributed by atoms with Gasteiger partial charge in [0.15, 0.2) is 0 Å². The van der Waals surface area contributed by atoms with Gasteiger partial charge in [0.25, 0.3) is 5.91 Å². The molecule has 1 aromatic carbocycles. The Bertz CT molecular complexity index is 971.